The predicted octanol–water partition coefficient (Wildman–Crippen LogP) is 0.825. The summed E-state index contributed by atoms with van der Waals surface area (Å²) in [6.07, 6.45) is 0. The van der Waals surface area contributed by atoms with Crippen molar-refractivity contribution in [1.29, 1.82) is 0 Å². The Kier molecular flexibility index (Phi) is 2.52. The number of benzene rings is 1. The van der Waals surface area contributed by atoms with E-state index in [1.54, 1.807) is 0 Å². The highest BCUT2D eigenvalue weighted by atomic mass is 16.3. The van der Waals surface area contributed by atoms with Crippen LogP contribution in [0.2, 0.25) is 0 Å². The quantitative estimate of drug-likeness (QED) is 0.749. The molecule has 0 aliphatic carbocycles. The van der Waals surface area contributed by atoms with Crippen LogP contribution in [0.15, 0.2) is 12.1 Å². The number of amides is 1. The lowest BCUT2D eigenvalue weighted by atomic mass is 10.0. The van der Waals surface area contributed by atoms with Gasteiger partial charge in [0.15, 0.2) is 0 Å². The monoisotopic (exact) mass is 219 g/mol. The molecule has 1 aromatic carbocycles. The van der Waals surface area contributed by atoms with Crippen LogP contribution >= 0.6 is 0 Å². The van der Waals surface area contributed by atoms with E-state index in [1.807, 2.05) is 26.0 Å². The molecule has 1 N–H and O–H groups in total. The van der Waals surface area contributed by atoms with Gasteiger partial charge in [-0.1, -0.05) is 12.1 Å². The van der Waals surface area contributed by atoms with Gasteiger partial charge in [-0.25, -0.2) is 0 Å². The van der Waals surface area contributed by atoms with Gasteiger partial charge in [0, 0.05) is 6.54 Å². The minimum absolute atomic E-state index is 0.147. The van der Waals surface area contributed by atoms with Gasteiger partial charge in [-0.3, -0.25) is 9.59 Å². The highest BCUT2D eigenvalue weighted by Gasteiger charge is 2.37. The lowest BCUT2D eigenvalue weighted by Crippen LogP contribution is -2.32. The Morgan fingerprint density at radius 1 is 1.19 bits per heavy atom. The molecule has 0 fully saturated rings. The van der Waals surface area contributed by atoms with Gasteiger partial charge < -0.3 is 10.0 Å². The zero-order chi connectivity index (χ0) is 11.9. The van der Waals surface area contributed by atoms with E-state index in [9.17, 15) is 9.59 Å². The third-order valence-corrected chi connectivity index (χ3v) is 2.85. The molecule has 0 bridgehead atoms. The second-order valence-electron chi connectivity index (χ2n) is 3.93. The van der Waals surface area contributed by atoms with Gasteiger partial charge in [0.05, 0.1) is 17.9 Å². The maximum atomic E-state index is 11.8. The summed E-state index contributed by atoms with van der Waals surface area (Å²) in [5, 5.41) is 8.91. The molecule has 4 heteroatoms. The maximum absolute atomic E-state index is 11.8. The first-order valence-electron chi connectivity index (χ1n) is 5.15. The van der Waals surface area contributed by atoms with Crippen molar-refractivity contribution in [3.63, 3.8) is 0 Å². The first-order chi connectivity index (χ1) is 7.57. The fourth-order valence-corrected chi connectivity index (χ4v) is 2.08. The SMILES string of the molecule is Cc1ccc(C)c2c1C(=O)C(=O)N2CCO. The van der Waals surface area contributed by atoms with Crippen LogP contribution in [0.5, 0.6) is 0 Å². The Morgan fingerprint density at radius 2 is 1.81 bits per heavy atom. The largest absolute Gasteiger partial charge is 0.395 e. The molecule has 4 nitrogen and oxygen atoms in total. The summed E-state index contributed by atoms with van der Waals surface area (Å²) in [5.41, 5.74) is 2.83. The summed E-state index contributed by atoms with van der Waals surface area (Å²) in [6.45, 7) is 3.69. The summed E-state index contributed by atoms with van der Waals surface area (Å²) in [5.74, 6) is -1.01. The van der Waals surface area contributed by atoms with Crippen LogP contribution in [0.4, 0.5) is 5.69 Å². The Hall–Kier alpha value is -1.68. The number of anilines is 1. The number of aliphatic hydroxyl groups excluding tert-OH is 1. The van der Waals surface area contributed by atoms with E-state index in [2.05, 4.69) is 0 Å². The molecule has 1 aliphatic heterocycles. The number of fused-ring (bicyclic) bond motifs is 1. The topological polar surface area (TPSA) is 57.6 Å². The Morgan fingerprint density at radius 3 is 2.44 bits per heavy atom. The van der Waals surface area contributed by atoms with E-state index in [0.717, 1.165) is 11.1 Å². The molecular formula is C12H13NO3. The minimum atomic E-state index is -0.540. The average Bonchev–Trinajstić information content (AvgIpc) is 2.50. The Bertz CT molecular complexity index is 479. The van der Waals surface area contributed by atoms with Gasteiger partial charge in [-0.05, 0) is 25.0 Å². The number of rotatable bonds is 2. The number of aryl methyl sites for hydroxylation is 2. The van der Waals surface area contributed by atoms with Gasteiger partial charge in [0.2, 0.25) is 0 Å². The standard InChI is InChI=1S/C12H13NO3/c1-7-3-4-8(2)10-9(7)11(15)12(16)13(10)5-6-14/h3-4,14H,5-6H2,1-2H3. The molecule has 2 rings (SSSR count). The number of Topliss-reactive ketones (excluding diaryl/α,β-unsaturated/α-hetero) is 1. The zero-order valence-corrected chi connectivity index (χ0v) is 9.28. The first kappa shape index (κ1) is 10.8. The van der Waals surface area contributed by atoms with Crippen LogP contribution in [-0.2, 0) is 4.79 Å². The molecule has 1 aliphatic rings. The van der Waals surface area contributed by atoms with E-state index in [0.29, 0.717) is 11.3 Å². The van der Waals surface area contributed by atoms with E-state index in [4.69, 9.17) is 5.11 Å². The first-order valence-corrected chi connectivity index (χ1v) is 5.15. The van der Waals surface area contributed by atoms with Crippen LogP contribution in [0, 0.1) is 13.8 Å². The van der Waals surface area contributed by atoms with Crippen molar-refractivity contribution in [1.82, 2.24) is 0 Å². The molecule has 0 spiro atoms. The fraction of sp³-hybridized carbons (Fsp3) is 0.333. The van der Waals surface area contributed by atoms with Crippen LogP contribution in [-0.4, -0.2) is 29.9 Å². The number of hydrogen-bond donors (Lipinski definition) is 1. The molecule has 0 aromatic heterocycles. The van der Waals surface area contributed by atoms with Crippen LogP contribution in [0.25, 0.3) is 0 Å². The third kappa shape index (κ3) is 1.34. The number of nitrogens with zero attached hydrogens (tertiary/aromatic N) is 1. The molecule has 0 unspecified atom stereocenters. The highest BCUT2D eigenvalue weighted by Crippen LogP contribution is 2.34. The number of ketones is 1. The minimum Gasteiger partial charge on any atom is -0.395 e. The normalized spacial score (nSPS) is 14.6. The van der Waals surface area contributed by atoms with E-state index in [1.165, 1.54) is 4.90 Å². The Labute approximate surface area is 93.5 Å². The van der Waals surface area contributed by atoms with Crippen molar-refractivity contribution in [2.75, 3.05) is 18.1 Å². The molecule has 1 aromatic rings. The number of β-amino-alcohol motifs (C(OH)–C–C–N with tert-alkyl or cyclic N) is 1. The molecule has 84 valence electrons. The Balaban J connectivity index is 2.64. The molecule has 0 saturated heterocycles. The summed E-state index contributed by atoms with van der Waals surface area (Å²) < 4.78 is 0. The molecule has 16 heavy (non-hydrogen) atoms. The number of carbonyl (C=O) groups excluding carboxylic acids is 2. The van der Waals surface area contributed by atoms with Crippen LogP contribution < -0.4 is 4.90 Å². The number of carbonyl (C=O) groups is 2. The zero-order valence-electron chi connectivity index (χ0n) is 9.28. The molecule has 0 atom stereocenters. The van der Waals surface area contributed by atoms with Crippen molar-refractivity contribution in [3.05, 3.63) is 28.8 Å². The van der Waals surface area contributed by atoms with E-state index in [-0.39, 0.29) is 13.2 Å². The number of aliphatic hydroxyl groups is 1. The van der Waals surface area contributed by atoms with Crippen molar-refractivity contribution >= 4 is 17.4 Å². The highest BCUT2D eigenvalue weighted by molar-refractivity contribution is 6.52. The molecule has 1 heterocycles. The van der Waals surface area contributed by atoms with Crippen molar-refractivity contribution in [2.45, 2.75) is 13.8 Å². The fourth-order valence-electron chi connectivity index (χ4n) is 2.08. The average molecular weight is 219 g/mol. The van der Waals surface area contributed by atoms with E-state index >= 15 is 0 Å². The second kappa shape index (κ2) is 3.72. The van der Waals surface area contributed by atoms with Crippen LogP contribution in [0.1, 0.15) is 21.5 Å². The predicted molar refractivity (Wildman–Crippen MR) is 59.7 cm³/mol. The lowest BCUT2D eigenvalue weighted by molar-refractivity contribution is -0.114. The van der Waals surface area contributed by atoms with Gasteiger partial charge in [0.25, 0.3) is 11.7 Å². The van der Waals surface area contributed by atoms with Crippen molar-refractivity contribution < 1.29 is 14.7 Å². The van der Waals surface area contributed by atoms with Gasteiger partial charge in [0.1, 0.15) is 0 Å². The molecule has 0 saturated carbocycles. The number of hydrogen-bond acceptors (Lipinski definition) is 3. The summed E-state index contributed by atoms with van der Waals surface area (Å²) >= 11 is 0. The van der Waals surface area contributed by atoms with Crippen LogP contribution in [0.3, 0.4) is 0 Å². The van der Waals surface area contributed by atoms with Gasteiger partial charge >= 0.3 is 0 Å². The third-order valence-electron chi connectivity index (χ3n) is 2.85. The van der Waals surface area contributed by atoms with Gasteiger partial charge in [-0.2, -0.15) is 0 Å². The summed E-state index contributed by atoms with van der Waals surface area (Å²) in [6, 6.07) is 3.71. The van der Waals surface area contributed by atoms with E-state index < -0.39 is 11.7 Å². The summed E-state index contributed by atoms with van der Waals surface area (Å²) in [4.78, 5) is 24.9. The van der Waals surface area contributed by atoms with Crippen molar-refractivity contribution in [2.24, 2.45) is 0 Å². The molecule has 1 amide bonds. The molecular weight excluding hydrogens is 206 g/mol. The second-order valence-corrected chi connectivity index (χ2v) is 3.93. The lowest BCUT2D eigenvalue weighted by Gasteiger charge is -2.17. The maximum Gasteiger partial charge on any atom is 0.299 e. The van der Waals surface area contributed by atoms with Gasteiger partial charge in [-0.15, -0.1) is 0 Å². The summed E-state index contributed by atoms with van der Waals surface area (Å²) in [7, 11) is 0. The van der Waals surface area contributed by atoms with Crippen molar-refractivity contribution in [3.8, 4) is 0 Å². The smallest absolute Gasteiger partial charge is 0.299 e. The molecule has 0 radical (unpaired) electrons.